The van der Waals surface area contributed by atoms with Crippen LogP contribution >= 0.6 is 35.3 Å². The second-order valence-corrected chi connectivity index (χ2v) is 6.69. The molecule has 0 aliphatic heterocycles. The van der Waals surface area contributed by atoms with Crippen molar-refractivity contribution in [3.63, 3.8) is 0 Å². The molecule has 2 aromatic rings. The molecular formula is C17H23FIN3S. The molecule has 1 aromatic heterocycles. The minimum absolute atomic E-state index is 0. The van der Waals surface area contributed by atoms with Crippen LogP contribution in [0.1, 0.15) is 22.2 Å². The predicted molar refractivity (Wildman–Crippen MR) is 107 cm³/mol. The second kappa shape index (κ2) is 9.87. The Bertz CT molecular complexity index is 642. The van der Waals surface area contributed by atoms with Gasteiger partial charge in [0.25, 0.3) is 0 Å². The van der Waals surface area contributed by atoms with Crippen molar-refractivity contribution in [2.45, 2.75) is 32.9 Å². The summed E-state index contributed by atoms with van der Waals surface area (Å²) in [5.41, 5.74) is 0.893. The number of rotatable bonds is 5. The Balaban J connectivity index is 0.00000264. The highest BCUT2D eigenvalue weighted by Gasteiger charge is 2.08. The minimum Gasteiger partial charge on any atom is -0.354 e. The number of thiophene rings is 1. The Morgan fingerprint density at radius 1 is 1.30 bits per heavy atom. The molecule has 1 unspecified atom stereocenters. The third-order valence-electron chi connectivity index (χ3n) is 3.26. The SMILES string of the molecule is CN=C(NCc1cccc(F)c1)NC(C)Cc1ccc(C)s1.I. The van der Waals surface area contributed by atoms with Gasteiger partial charge in [0.1, 0.15) is 5.82 Å². The van der Waals surface area contributed by atoms with Gasteiger partial charge in [-0.2, -0.15) is 0 Å². The molecule has 0 fully saturated rings. The van der Waals surface area contributed by atoms with E-state index in [4.69, 9.17) is 0 Å². The van der Waals surface area contributed by atoms with Crippen LogP contribution in [0, 0.1) is 12.7 Å². The van der Waals surface area contributed by atoms with E-state index in [1.807, 2.05) is 17.4 Å². The molecule has 6 heteroatoms. The molecule has 0 spiro atoms. The molecule has 0 aliphatic rings. The van der Waals surface area contributed by atoms with E-state index in [1.165, 1.54) is 21.9 Å². The third-order valence-corrected chi connectivity index (χ3v) is 4.28. The fraction of sp³-hybridized carbons (Fsp3) is 0.353. The lowest BCUT2D eigenvalue weighted by Crippen LogP contribution is -2.42. The van der Waals surface area contributed by atoms with Gasteiger partial charge in [0.05, 0.1) is 0 Å². The molecule has 3 nitrogen and oxygen atoms in total. The number of halogens is 2. The number of aryl methyl sites for hydroxylation is 1. The molecule has 23 heavy (non-hydrogen) atoms. The third kappa shape index (κ3) is 6.87. The van der Waals surface area contributed by atoms with Crippen LogP contribution in [0.2, 0.25) is 0 Å². The van der Waals surface area contributed by atoms with Crippen molar-refractivity contribution < 1.29 is 4.39 Å². The number of guanidine groups is 1. The van der Waals surface area contributed by atoms with Crippen molar-refractivity contribution in [1.82, 2.24) is 10.6 Å². The maximum absolute atomic E-state index is 13.2. The van der Waals surface area contributed by atoms with E-state index in [0.717, 1.165) is 17.9 Å². The Kier molecular flexibility index (Phi) is 8.54. The topological polar surface area (TPSA) is 36.4 Å². The van der Waals surface area contributed by atoms with Gasteiger partial charge in [-0.1, -0.05) is 12.1 Å². The fourth-order valence-electron chi connectivity index (χ4n) is 2.21. The molecule has 2 rings (SSSR count). The van der Waals surface area contributed by atoms with E-state index in [2.05, 4.69) is 41.6 Å². The number of nitrogens with one attached hydrogen (secondary N) is 2. The standard InChI is InChI=1S/C17H22FN3S.HI/c1-12(9-16-8-7-13(2)22-16)21-17(19-3)20-11-14-5-4-6-15(18)10-14;/h4-8,10,12H,9,11H2,1-3H3,(H2,19,20,21);1H. The van der Waals surface area contributed by atoms with Crippen molar-refractivity contribution in [1.29, 1.82) is 0 Å². The summed E-state index contributed by atoms with van der Waals surface area (Å²) in [7, 11) is 1.74. The van der Waals surface area contributed by atoms with Gasteiger partial charge >= 0.3 is 0 Å². The van der Waals surface area contributed by atoms with Gasteiger partial charge in [-0.05, 0) is 43.7 Å². The van der Waals surface area contributed by atoms with Crippen LogP contribution in [0.25, 0.3) is 0 Å². The highest BCUT2D eigenvalue weighted by Crippen LogP contribution is 2.16. The zero-order valence-electron chi connectivity index (χ0n) is 13.6. The number of hydrogen-bond donors (Lipinski definition) is 2. The molecule has 0 radical (unpaired) electrons. The maximum Gasteiger partial charge on any atom is 0.191 e. The monoisotopic (exact) mass is 447 g/mol. The van der Waals surface area contributed by atoms with E-state index < -0.39 is 0 Å². The summed E-state index contributed by atoms with van der Waals surface area (Å²) in [4.78, 5) is 6.91. The molecule has 126 valence electrons. The van der Waals surface area contributed by atoms with Crippen LogP contribution in [0.4, 0.5) is 4.39 Å². The molecule has 0 amide bonds. The molecule has 1 aromatic carbocycles. The molecule has 0 saturated heterocycles. The highest BCUT2D eigenvalue weighted by atomic mass is 127. The van der Waals surface area contributed by atoms with E-state index in [1.54, 1.807) is 13.1 Å². The molecule has 0 bridgehead atoms. The molecule has 1 heterocycles. The normalized spacial score (nSPS) is 12.4. The van der Waals surface area contributed by atoms with E-state index in [9.17, 15) is 4.39 Å². The smallest absolute Gasteiger partial charge is 0.191 e. The molecule has 0 aliphatic carbocycles. The summed E-state index contributed by atoms with van der Waals surface area (Å²) in [6, 6.07) is 11.2. The van der Waals surface area contributed by atoms with Crippen LogP contribution in [0.15, 0.2) is 41.4 Å². The average molecular weight is 447 g/mol. The van der Waals surface area contributed by atoms with Gasteiger partial charge in [0.2, 0.25) is 0 Å². The zero-order chi connectivity index (χ0) is 15.9. The quantitative estimate of drug-likeness (QED) is 0.411. The van der Waals surface area contributed by atoms with Crippen molar-refractivity contribution in [3.8, 4) is 0 Å². The van der Waals surface area contributed by atoms with Gasteiger partial charge < -0.3 is 10.6 Å². The van der Waals surface area contributed by atoms with Gasteiger partial charge in [0.15, 0.2) is 5.96 Å². The van der Waals surface area contributed by atoms with Crippen LogP contribution < -0.4 is 10.6 Å². The average Bonchev–Trinajstić information content (AvgIpc) is 2.88. The summed E-state index contributed by atoms with van der Waals surface area (Å²) < 4.78 is 13.2. The largest absolute Gasteiger partial charge is 0.354 e. The molecule has 0 saturated carbocycles. The Morgan fingerprint density at radius 2 is 2.09 bits per heavy atom. The number of benzene rings is 1. The summed E-state index contributed by atoms with van der Waals surface area (Å²) in [5, 5.41) is 6.57. The van der Waals surface area contributed by atoms with Crippen molar-refractivity contribution >= 4 is 41.3 Å². The number of aliphatic imine (C=N–C) groups is 1. The highest BCUT2D eigenvalue weighted by molar-refractivity contribution is 14.0. The van der Waals surface area contributed by atoms with Gasteiger partial charge in [-0.25, -0.2) is 4.39 Å². The van der Waals surface area contributed by atoms with Crippen LogP contribution in [-0.4, -0.2) is 19.0 Å². The van der Waals surface area contributed by atoms with Crippen LogP contribution in [0.3, 0.4) is 0 Å². The Labute approximate surface area is 158 Å². The summed E-state index contributed by atoms with van der Waals surface area (Å²) in [6.07, 6.45) is 0.958. The van der Waals surface area contributed by atoms with Crippen LogP contribution in [0.5, 0.6) is 0 Å². The van der Waals surface area contributed by atoms with E-state index in [0.29, 0.717) is 6.54 Å². The molecule has 2 N–H and O–H groups in total. The van der Waals surface area contributed by atoms with Crippen LogP contribution in [-0.2, 0) is 13.0 Å². The van der Waals surface area contributed by atoms with Gasteiger partial charge in [-0.3, -0.25) is 4.99 Å². The first-order valence-corrected chi connectivity index (χ1v) is 8.15. The fourth-order valence-corrected chi connectivity index (χ4v) is 3.23. The lowest BCUT2D eigenvalue weighted by Gasteiger charge is -2.17. The molecule has 1 atom stereocenters. The van der Waals surface area contributed by atoms with Crippen molar-refractivity contribution in [3.05, 3.63) is 57.5 Å². The van der Waals surface area contributed by atoms with E-state index >= 15 is 0 Å². The lowest BCUT2D eigenvalue weighted by atomic mass is 10.2. The maximum atomic E-state index is 13.2. The van der Waals surface area contributed by atoms with Crippen molar-refractivity contribution in [2.24, 2.45) is 4.99 Å². The molecular weight excluding hydrogens is 424 g/mol. The Hall–Kier alpha value is -1.15. The number of nitrogens with zero attached hydrogens (tertiary/aromatic N) is 1. The summed E-state index contributed by atoms with van der Waals surface area (Å²) in [6.45, 7) is 4.79. The first-order chi connectivity index (χ1) is 10.6. The first kappa shape index (κ1) is 19.9. The van der Waals surface area contributed by atoms with Crippen molar-refractivity contribution in [2.75, 3.05) is 7.05 Å². The van der Waals surface area contributed by atoms with E-state index in [-0.39, 0.29) is 35.8 Å². The summed E-state index contributed by atoms with van der Waals surface area (Å²) in [5.74, 6) is 0.508. The summed E-state index contributed by atoms with van der Waals surface area (Å²) >= 11 is 1.82. The zero-order valence-corrected chi connectivity index (χ0v) is 16.7. The number of hydrogen-bond acceptors (Lipinski definition) is 2. The lowest BCUT2D eigenvalue weighted by molar-refractivity contribution is 0.622. The Morgan fingerprint density at radius 3 is 2.70 bits per heavy atom. The van der Waals surface area contributed by atoms with Gasteiger partial charge in [-0.15, -0.1) is 35.3 Å². The minimum atomic E-state index is -0.219. The second-order valence-electron chi connectivity index (χ2n) is 5.32. The predicted octanol–water partition coefficient (Wildman–Crippen LogP) is 4.11. The van der Waals surface area contributed by atoms with Gasteiger partial charge in [0, 0.05) is 35.8 Å². The first-order valence-electron chi connectivity index (χ1n) is 7.34.